The van der Waals surface area contributed by atoms with Gasteiger partial charge in [0, 0.05) is 11.5 Å². The summed E-state index contributed by atoms with van der Waals surface area (Å²) in [5.74, 6) is 1.02. The Bertz CT molecular complexity index is 793. The first-order chi connectivity index (χ1) is 10.2. The summed E-state index contributed by atoms with van der Waals surface area (Å²) in [6.45, 7) is 0.112. The van der Waals surface area contributed by atoms with Crippen LogP contribution in [-0.4, -0.2) is 17.0 Å². The zero-order valence-corrected chi connectivity index (χ0v) is 13.5. The number of nitrogens with one attached hydrogen (secondary N) is 1. The lowest BCUT2D eigenvalue weighted by molar-refractivity contribution is 0.281. The minimum absolute atomic E-state index is 0.112. The Kier molecular flexibility index (Phi) is 4.03. The van der Waals surface area contributed by atoms with Crippen LogP contribution >= 0.6 is 27.3 Å². The number of ether oxygens (including phenoxy) is 1. The van der Waals surface area contributed by atoms with Crippen molar-refractivity contribution in [3.05, 3.63) is 45.8 Å². The normalized spacial score (nSPS) is 10.8. The Morgan fingerprint density at radius 2 is 2.19 bits per heavy atom. The van der Waals surface area contributed by atoms with E-state index in [9.17, 15) is 4.39 Å². The third kappa shape index (κ3) is 2.98. The molecule has 0 spiro atoms. The van der Waals surface area contributed by atoms with Crippen molar-refractivity contribution in [3.63, 3.8) is 0 Å². The topological polar surface area (TPSA) is 47.0 Å². The van der Waals surface area contributed by atoms with Crippen LogP contribution in [-0.2, 0) is 6.61 Å². The van der Waals surface area contributed by atoms with Crippen molar-refractivity contribution in [3.8, 4) is 5.75 Å². The first kappa shape index (κ1) is 14.2. The van der Waals surface area contributed by atoms with Crippen molar-refractivity contribution in [1.82, 2.24) is 9.97 Å². The van der Waals surface area contributed by atoms with Crippen molar-refractivity contribution in [1.29, 1.82) is 0 Å². The lowest BCUT2D eigenvalue weighted by Crippen LogP contribution is -2.05. The minimum atomic E-state index is -0.421. The third-order valence-electron chi connectivity index (χ3n) is 2.86. The van der Waals surface area contributed by atoms with Gasteiger partial charge in [0.15, 0.2) is 17.4 Å². The quantitative estimate of drug-likeness (QED) is 0.749. The second-order valence-corrected chi connectivity index (χ2v) is 6.05. The fourth-order valence-electron chi connectivity index (χ4n) is 1.89. The van der Waals surface area contributed by atoms with Crippen LogP contribution in [0.15, 0.2) is 34.1 Å². The van der Waals surface area contributed by atoms with Gasteiger partial charge < -0.3 is 10.1 Å². The number of benzene rings is 1. The van der Waals surface area contributed by atoms with E-state index in [4.69, 9.17) is 4.74 Å². The number of hydrogen-bond donors (Lipinski definition) is 1. The van der Waals surface area contributed by atoms with Crippen LogP contribution in [0.1, 0.15) is 5.82 Å². The average molecular weight is 368 g/mol. The number of anilines is 1. The van der Waals surface area contributed by atoms with E-state index in [1.165, 1.54) is 17.4 Å². The molecule has 3 rings (SSSR count). The lowest BCUT2D eigenvalue weighted by Gasteiger charge is -2.08. The van der Waals surface area contributed by atoms with Gasteiger partial charge in [-0.05, 0) is 29.6 Å². The number of halogens is 2. The van der Waals surface area contributed by atoms with Gasteiger partial charge in [-0.25, -0.2) is 14.4 Å². The summed E-state index contributed by atoms with van der Waals surface area (Å²) in [5, 5.41) is 5.96. The van der Waals surface area contributed by atoms with E-state index in [2.05, 4.69) is 31.2 Å². The van der Waals surface area contributed by atoms with E-state index in [-0.39, 0.29) is 12.4 Å². The van der Waals surface area contributed by atoms with E-state index in [1.54, 1.807) is 19.2 Å². The van der Waals surface area contributed by atoms with Crippen LogP contribution in [0.2, 0.25) is 0 Å². The first-order valence-corrected chi connectivity index (χ1v) is 7.84. The molecule has 0 saturated carbocycles. The smallest absolute Gasteiger partial charge is 0.169 e. The highest BCUT2D eigenvalue weighted by molar-refractivity contribution is 9.10. The van der Waals surface area contributed by atoms with E-state index < -0.39 is 5.82 Å². The molecule has 0 aliphatic rings. The van der Waals surface area contributed by atoms with Crippen molar-refractivity contribution >= 4 is 43.3 Å². The van der Waals surface area contributed by atoms with Crippen molar-refractivity contribution < 1.29 is 9.13 Å². The molecule has 108 valence electrons. The Balaban J connectivity index is 1.84. The number of rotatable bonds is 4. The fraction of sp³-hybridized carbons (Fsp3) is 0.143. The van der Waals surface area contributed by atoms with Gasteiger partial charge in [0.2, 0.25) is 0 Å². The van der Waals surface area contributed by atoms with Gasteiger partial charge >= 0.3 is 0 Å². The molecular formula is C14H11BrFN3OS. The van der Waals surface area contributed by atoms with Gasteiger partial charge in [-0.3, -0.25) is 0 Å². The molecule has 0 amide bonds. The van der Waals surface area contributed by atoms with Gasteiger partial charge in [-0.1, -0.05) is 15.9 Å². The lowest BCUT2D eigenvalue weighted by atomic mass is 10.3. The summed E-state index contributed by atoms with van der Waals surface area (Å²) in [6, 6.07) is 6.62. The van der Waals surface area contributed by atoms with Crippen LogP contribution < -0.4 is 10.1 Å². The highest BCUT2D eigenvalue weighted by Crippen LogP contribution is 2.26. The SMILES string of the molecule is CNc1nc(COc2ccc(Br)cc2F)nc2sccc12. The van der Waals surface area contributed by atoms with Crippen molar-refractivity contribution in [2.45, 2.75) is 6.61 Å². The van der Waals surface area contributed by atoms with Crippen LogP contribution in [0.5, 0.6) is 5.75 Å². The Labute approximate surface area is 133 Å². The monoisotopic (exact) mass is 367 g/mol. The molecule has 1 N–H and O–H groups in total. The zero-order chi connectivity index (χ0) is 14.8. The summed E-state index contributed by atoms with van der Waals surface area (Å²) in [7, 11) is 1.80. The minimum Gasteiger partial charge on any atom is -0.483 e. The van der Waals surface area contributed by atoms with Crippen molar-refractivity contribution in [2.75, 3.05) is 12.4 Å². The summed E-state index contributed by atoms with van der Waals surface area (Å²) >= 11 is 4.74. The average Bonchev–Trinajstić information content (AvgIpc) is 2.93. The Morgan fingerprint density at radius 3 is 2.95 bits per heavy atom. The number of nitrogens with zero attached hydrogens (tertiary/aromatic N) is 2. The van der Waals surface area contributed by atoms with Crippen LogP contribution in [0.3, 0.4) is 0 Å². The van der Waals surface area contributed by atoms with Crippen LogP contribution in [0.4, 0.5) is 10.2 Å². The summed E-state index contributed by atoms with van der Waals surface area (Å²) in [6.07, 6.45) is 0. The molecule has 0 atom stereocenters. The molecule has 0 aliphatic heterocycles. The molecule has 0 fully saturated rings. The second-order valence-electron chi connectivity index (χ2n) is 4.24. The van der Waals surface area contributed by atoms with Crippen LogP contribution in [0.25, 0.3) is 10.2 Å². The van der Waals surface area contributed by atoms with E-state index in [1.807, 2.05) is 11.4 Å². The van der Waals surface area contributed by atoms with E-state index in [0.717, 1.165) is 16.0 Å². The molecule has 0 unspecified atom stereocenters. The summed E-state index contributed by atoms with van der Waals surface area (Å²) in [5.41, 5.74) is 0. The highest BCUT2D eigenvalue weighted by atomic mass is 79.9. The summed E-state index contributed by atoms with van der Waals surface area (Å²) in [4.78, 5) is 9.68. The van der Waals surface area contributed by atoms with E-state index in [0.29, 0.717) is 10.3 Å². The van der Waals surface area contributed by atoms with Gasteiger partial charge in [-0.15, -0.1) is 11.3 Å². The second kappa shape index (κ2) is 5.95. The molecule has 3 aromatic rings. The first-order valence-electron chi connectivity index (χ1n) is 6.17. The van der Waals surface area contributed by atoms with Gasteiger partial charge in [0.25, 0.3) is 0 Å². The zero-order valence-electron chi connectivity index (χ0n) is 11.1. The molecule has 4 nitrogen and oxygen atoms in total. The molecule has 2 heterocycles. The number of thiophene rings is 1. The van der Waals surface area contributed by atoms with Gasteiger partial charge in [0.1, 0.15) is 17.3 Å². The molecule has 0 bridgehead atoms. The van der Waals surface area contributed by atoms with Crippen LogP contribution in [0, 0.1) is 5.82 Å². The Morgan fingerprint density at radius 1 is 1.33 bits per heavy atom. The third-order valence-corrected chi connectivity index (χ3v) is 4.16. The van der Waals surface area contributed by atoms with Gasteiger partial charge in [-0.2, -0.15) is 0 Å². The molecule has 21 heavy (non-hydrogen) atoms. The number of fused-ring (bicyclic) bond motifs is 1. The Hall–Kier alpha value is -1.73. The summed E-state index contributed by atoms with van der Waals surface area (Å²) < 4.78 is 19.8. The maximum atomic E-state index is 13.7. The standard InChI is InChI=1S/C14H11BrFN3OS/c1-17-13-9-4-5-21-14(9)19-12(18-13)7-20-11-3-2-8(15)6-10(11)16/h2-6H,7H2,1H3,(H,17,18,19). The largest absolute Gasteiger partial charge is 0.483 e. The van der Waals surface area contributed by atoms with Gasteiger partial charge in [0.05, 0.1) is 5.39 Å². The molecule has 0 aliphatic carbocycles. The molecular weight excluding hydrogens is 357 g/mol. The van der Waals surface area contributed by atoms with E-state index >= 15 is 0 Å². The number of aromatic nitrogens is 2. The number of hydrogen-bond acceptors (Lipinski definition) is 5. The molecule has 7 heteroatoms. The predicted octanol–water partition coefficient (Wildman–Crippen LogP) is 4.21. The molecule has 0 radical (unpaired) electrons. The predicted molar refractivity (Wildman–Crippen MR) is 85.4 cm³/mol. The fourth-order valence-corrected chi connectivity index (χ4v) is 3.01. The molecule has 1 aromatic carbocycles. The molecule has 0 saturated heterocycles. The maximum Gasteiger partial charge on any atom is 0.169 e. The van der Waals surface area contributed by atoms with Crippen molar-refractivity contribution in [2.24, 2.45) is 0 Å². The molecule has 2 aromatic heterocycles. The maximum absolute atomic E-state index is 13.7. The highest BCUT2D eigenvalue weighted by Gasteiger charge is 2.10.